The van der Waals surface area contributed by atoms with Crippen molar-refractivity contribution in [3.63, 3.8) is 0 Å². The van der Waals surface area contributed by atoms with E-state index in [2.05, 4.69) is 121 Å². The molecule has 0 aliphatic rings. The predicted molar refractivity (Wildman–Crippen MR) is 159 cm³/mol. The molecule has 0 bridgehead atoms. The van der Waals surface area contributed by atoms with Crippen molar-refractivity contribution in [1.82, 2.24) is 9.97 Å². The summed E-state index contributed by atoms with van der Waals surface area (Å²) in [4.78, 5) is 9.75. The van der Waals surface area contributed by atoms with Crippen LogP contribution in [0.3, 0.4) is 0 Å². The van der Waals surface area contributed by atoms with E-state index in [1.54, 1.807) is 0 Å². The lowest BCUT2D eigenvalue weighted by molar-refractivity contribution is 1.33. The first-order valence-corrected chi connectivity index (χ1v) is 12.8. The third-order valence-electron chi connectivity index (χ3n) is 7.18. The van der Waals surface area contributed by atoms with E-state index in [4.69, 9.17) is 9.97 Å². The number of rotatable bonds is 4. The van der Waals surface area contributed by atoms with Crippen molar-refractivity contribution < 1.29 is 0 Å². The zero-order chi connectivity index (χ0) is 25.3. The topological polar surface area (TPSA) is 25.8 Å². The van der Waals surface area contributed by atoms with E-state index in [0.29, 0.717) is 0 Å². The van der Waals surface area contributed by atoms with Gasteiger partial charge in [-0.15, -0.1) is 0 Å². The summed E-state index contributed by atoms with van der Waals surface area (Å²) >= 11 is 0. The molecule has 2 aromatic heterocycles. The smallest absolute Gasteiger partial charge is 0.0720 e. The molecule has 7 rings (SSSR count). The van der Waals surface area contributed by atoms with Crippen molar-refractivity contribution in [2.45, 2.75) is 0 Å². The molecule has 2 heteroatoms. The van der Waals surface area contributed by atoms with Crippen LogP contribution in [0.1, 0.15) is 0 Å². The molecule has 0 spiro atoms. The Morgan fingerprint density at radius 1 is 0.316 bits per heavy atom. The lowest BCUT2D eigenvalue weighted by Crippen LogP contribution is -1.94. The number of pyridine rings is 2. The zero-order valence-corrected chi connectivity index (χ0v) is 20.8. The second-order valence-electron chi connectivity index (χ2n) is 9.43. The third-order valence-corrected chi connectivity index (χ3v) is 7.18. The molecule has 0 amide bonds. The summed E-state index contributed by atoms with van der Waals surface area (Å²) in [6.07, 6.45) is 3.83. The molecule has 0 radical (unpaired) electrons. The predicted octanol–water partition coefficient (Wildman–Crippen LogP) is 9.45. The van der Waals surface area contributed by atoms with E-state index < -0.39 is 0 Å². The highest BCUT2D eigenvalue weighted by molar-refractivity contribution is 6.20. The second-order valence-corrected chi connectivity index (χ2v) is 9.43. The van der Waals surface area contributed by atoms with Gasteiger partial charge >= 0.3 is 0 Å². The average molecular weight is 485 g/mol. The molecule has 0 saturated heterocycles. The third kappa shape index (κ3) is 3.84. The fourth-order valence-corrected chi connectivity index (χ4v) is 5.44. The minimum Gasteiger partial charge on any atom is -0.256 e. The standard InChI is InChI=1S/C36H24N2/c1-3-11-25(12-4-1)27-19-21-37-33(23-27)35-29-15-7-9-17-31(29)36(32-18-10-8-16-30(32)35)34-24-28(20-22-38-34)26-13-5-2-6-14-26/h1-24H. The number of hydrogen-bond donors (Lipinski definition) is 0. The van der Waals surface area contributed by atoms with E-state index >= 15 is 0 Å². The molecular formula is C36H24N2. The van der Waals surface area contributed by atoms with Crippen LogP contribution in [-0.2, 0) is 0 Å². The van der Waals surface area contributed by atoms with Gasteiger partial charge in [-0.2, -0.15) is 0 Å². The second kappa shape index (κ2) is 9.42. The normalized spacial score (nSPS) is 11.2. The Morgan fingerprint density at radius 3 is 1.03 bits per heavy atom. The summed E-state index contributed by atoms with van der Waals surface area (Å²) in [5, 5.41) is 4.69. The summed E-state index contributed by atoms with van der Waals surface area (Å²) in [5.41, 5.74) is 8.92. The number of nitrogens with zero attached hydrogens (tertiary/aromatic N) is 2. The van der Waals surface area contributed by atoms with Gasteiger partial charge in [0, 0.05) is 23.5 Å². The fourth-order valence-electron chi connectivity index (χ4n) is 5.44. The van der Waals surface area contributed by atoms with E-state index in [1.165, 1.54) is 32.7 Å². The first-order valence-electron chi connectivity index (χ1n) is 12.8. The van der Waals surface area contributed by atoms with Crippen LogP contribution in [0.4, 0.5) is 0 Å². The van der Waals surface area contributed by atoms with Gasteiger partial charge in [-0.05, 0) is 68.1 Å². The largest absolute Gasteiger partial charge is 0.256 e. The first kappa shape index (κ1) is 22.1. The maximum absolute atomic E-state index is 4.88. The van der Waals surface area contributed by atoms with Crippen LogP contribution in [0, 0.1) is 0 Å². The van der Waals surface area contributed by atoms with Crippen molar-refractivity contribution in [2.75, 3.05) is 0 Å². The number of aromatic nitrogens is 2. The van der Waals surface area contributed by atoms with Crippen LogP contribution in [0.25, 0.3) is 66.3 Å². The van der Waals surface area contributed by atoms with Gasteiger partial charge in [0.25, 0.3) is 0 Å². The van der Waals surface area contributed by atoms with Crippen LogP contribution in [0.15, 0.2) is 146 Å². The lowest BCUT2D eigenvalue weighted by Gasteiger charge is -2.17. The minimum atomic E-state index is 0.969. The zero-order valence-electron chi connectivity index (χ0n) is 20.8. The molecule has 0 aliphatic carbocycles. The van der Waals surface area contributed by atoms with Gasteiger partial charge in [-0.25, -0.2) is 0 Å². The molecular weight excluding hydrogens is 460 g/mol. The van der Waals surface area contributed by atoms with Crippen LogP contribution < -0.4 is 0 Å². The summed E-state index contributed by atoms with van der Waals surface area (Å²) in [6, 6.07) is 46.8. The van der Waals surface area contributed by atoms with Gasteiger partial charge in [0.15, 0.2) is 0 Å². The highest BCUT2D eigenvalue weighted by Crippen LogP contribution is 2.43. The average Bonchev–Trinajstić information content (AvgIpc) is 3.01. The molecule has 0 atom stereocenters. The maximum atomic E-state index is 4.88. The monoisotopic (exact) mass is 484 g/mol. The molecule has 5 aromatic carbocycles. The first-order chi connectivity index (χ1) is 18.9. The molecule has 7 aromatic rings. The van der Waals surface area contributed by atoms with E-state index in [-0.39, 0.29) is 0 Å². The Balaban J connectivity index is 1.51. The molecule has 0 N–H and O–H groups in total. The van der Waals surface area contributed by atoms with Gasteiger partial charge in [0.1, 0.15) is 0 Å². The molecule has 0 unspecified atom stereocenters. The van der Waals surface area contributed by atoms with Gasteiger partial charge in [-0.1, -0.05) is 109 Å². The summed E-state index contributed by atoms with van der Waals surface area (Å²) < 4.78 is 0. The Bertz CT molecular complexity index is 1710. The Kier molecular flexibility index (Phi) is 5.49. The maximum Gasteiger partial charge on any atom is 0.0720 e. The van der Waals surface area contributed by atoms with Crippen LogP contribution >= 0.6 is 0 Å². The Hall–Kier alpha value is -5.08. The van der Waals surface area contributed by atoms with Gasteiger partial charge < -0.3 is 0 Å². The van der Waals surface area contributed by atoms with Gasteiger partial charge in [0.2, 0.25) is 0 Å². The molecule has 38 heavy (non-hydrogen) atoms. The minimum absolute atomic E-state index is 0.969. The SMILES string of the molecule is c1ccc(-c2ccnc(-c3c4ccccc4c(-c4cc(-c5ccccc5)ccn4)c4ccccc34)c2)cc1. The quantitative estimate of drug-likeness (QED) is 0.233. The molecule has 2 heterocycles. The molecule has 0 saturated carbocycles. The number of fused-ring (bicyclic) bond motifs is 2. The van der Waals surface area contributed by atoms with E-state index in [0.717, 1.165) is 33.6 Å². The van der Waals surface area contributed by atoms with Crippen LogP contribution in [0.2, 0.25) is 0 Å². The fraction of sp³-hybridized carbons (Fsp3) is 0. The van der Waals surface area contributed by atoms with Crippen molar-refractivity contribution in [2.24, 2.45) is 0 Å². The summed E-state index contributed by atoms with van der Waals surface area (Å²) in [6.45, 7) is 0. The van der Waals surface area contributed by atoms with Gasteiger partial charge in [0.05, 0.1) is 11.4 Å². The summed E-state index contributed by atoms with van der Waals surface area (Å²) in [5.74, 6) is 0. The van der Waals surface area contributed by atoms with E-state index in [9.17, 15) is 0 Å². The van der Waals surface area contributed by atoms with Crippen molar-refractivity contribution in [3.05, 3.63) is 146 Å². The Morgan fingerprint density at radius 2 is 0.658 bits per heavy atom. The molecule has 178 valence electrons. The van der Waals surface area contributed by atoms with Crippen molar-refractivity contribution in [1.29, 1.82) is 0 Å². The van der Waals surface area contributed by atoms with Gasteiger partial charge in [-0.3, -0.25) is 9.97 Å². The highest BCUT2D eigenvalue weighted by atomic mass is 14.7. The highest BCUT2D eigenvalue weighted by Gasteiger charge is 2.18. The van der Waals surface area contributed by atoms with Crippen molar-refractivity contribution in [3.8, 4) is 44.8 Å². The van der Waals surface area contributed by atoms with Crippen molar-refractivity contribution >= 4 is 21.5 Å². The molecule has 2 nitrogen and oxygen atoms in total. The molecule has 0 aliphatic heterocycles. The summed E-state index contributed by atoms with van der Waals surface area (Å²) in [7, 11) is 0. The van der Waals surface area contributed by atoms with E-state index in [1.807, 2.05) is 24.5 Å². The number of hydrogen-bond acceptors (Lipinski definition) is 2. The lowest BCUT2D eigenvalue weighted by atomic mass is 9.88. The Labute approximate surface area is 221 Å². The number of benzene rings is 5. The molecule has 0 fully saturated rings. The van der Waals surface area contributed by atoms with Crippen LogP contribution in [0.5, 0.6) is 0 Å². The van der Waals surface area contributed by atoms with Crippen LogP contribution in [-0.4, -0.2) is 9.97 Å².